The normalized spacial score (nSPS) is 10.8. The van der Waals surface area contributed by atoms with Crippen molar-refractivity contribution < 1.29 is 4.79 Å². The molecule has 4 nitrogen and oxygen atoms in total. The molecule has 0 fully saturated rings. The number of benzene rings is 2. The zero-order chi connectivity index (χ0) is 17.6. The van der Waals surface area contributed by atoms with Gasteiger partial charge in [0, 0.05) is 18.7 Å². The molecule has 0 heterocycles. The Morgan fingerprint density at radius 3 is 2.38 bits per heavy atom. The van der Waals surface area contributed by atoms with E-state index in [0.717, 1.165) is 5.69 Å². The van der Waals surface area contributed by atoms with Gasteiger partial charge >= 0.3 is 0 Å². The van der Waals surface area contributed by atoms with Crippen LogP contribution in [0.4, 0.5) is 11.4 Å². The second-order valence-electron chi connectivity index (χ2n) is 6.71. The number of carbonyl (C=O) groups excluding carboxylic acids is 1. The Bertz CT molecular complexity index is 737. The van der Waals surface area contributed by atoms with Gasteiger partial charge in [-0.25, -0.2) is 0 Å². The molecule has 1 amide bonds. The Balaban J connectivity index is 1.84. The van der Waals surface area contributed by atoms with Gasteiger partial charge in [0.2, 0.25) is 5.91 Å². The van der Waals surface area contributed by atoms with Gasteiger partial charge in [0.1, 0.15) is 6.07 Å². The van der Waals surface area contributed by atoms with Crippen LogP contribution in [0.1, 0.15) is 38.3 Å². The third-order valence-electron chi connectivity index (χ3n) is 3.75. The first-order chi connectivity index (χ1) is 11.4. The Morgan fingerprint density at radius 1 is 1.08 bits per heavy atom. The minimum absolute atomic E-state index is 0.114. The number of hydrogen-bond donors (Lipinski definition) is 2. The summed E-state index contributed by atoms with van der Waals surface area (Å²) in [5.41, 5.74) is 3.43. The van der Waals surface area contributed by atoms with Gasteiger partial charge in [0.15, 0.2) is 0 Å². The maximum absolute atomic E-state index is 12.0. The van der Waals surface area contributed by atoms with Crippen LogP contribution in [0.2, 0.25) is 0 Å². The van der Waals surface area contributed by atoms with Crippen molar-refractivity contribution >= 4 is 17.3 Å². The first-order valence-corrected chi connectivity index (χ1v) is 8.03. The number of rotatable bonds is 5. The maximum Gasteiger partial charge on any atom is 0.226 e. The summed E-state index contributed by atoms with van der Waals surface area (Å²) in [6, 6.07) is 17.3. The molecule has 4 heteroatoms. The monoisotopic (exact) mass is 321 g/mol. The summed E-state index contributed by atoms with van der Waals surface area (Å²) in [6.45, 7) is 7.08. The molecule has 0 spiro atoms. The van der Waals surface area contributed by atoms with Crippen LogP contribution in [0.25, 0.3) is 0 Å². The van der Waals surface area contributed by atoms with Crippen molar-refractivity contribution in [2.75, 3.05) is 17.2 Å². The van der Waals surface area contributed by atoms with Crippen molar-refractivity contribution in [1.82, 2.24) is 0 Å². The van der Waals surface area contributed by atoms with E-state index < -0.39 is 0 Å². The lowest BCUT2D eigenvalue weighted by molar-refractivity contribution is -0.115. The highest BCUT2D eigenvalue weighted by molar-refractivity contribution is 5.92. The molecule has 0 atom stereocenters. The van der Waals surface area contributed by atoms with Crippen molar-refractivity contribution in [3.63, 3.8) is 0 Å². The van der Waals surface area contributed by atoms with E-state index in [2.05, 4.69) is 49.6 Å². The summed E-state index contributed by atoms with van der Waals surface area (Å²) in [5, 5.41) is 15.0. The molecule has 0 unspecified atom stereocenters. The molecule has 0 aliphatic heterocycles. The zero-order valence-corrected chi connectivity index (χ0v) is 14.4. The molecular formula is C20H23N3O. The van der Waals surface area contributed by atoms with Crippen molar-refractivity contribution in [2.24, 2.45) is 0 Å². The van der Waals surface area contributed by atoms with Crippen LogP contribution in [0.15, 0.2) is 48.5 Å². The number of carbonyl (C=O) groups is 1. The Morgan fingerprint density at radius 2 is 1.75 bits per heavy atom. The van der Waals surface area contributed by atoms with Crippen LogP contribution in [0.5, 0.6) is 0 Å². The highest BCUT2D eigenvalue weighted by Crippen LogP contribution is 2.23. The highest BCUT2D eigenvalue weighted by atomic mass is 16.1. The predicted molar refractivity (Wildman–Crippen MR) is 98.0 cm³/mol. The third kappa shape index (κ3) is 4.85. The fourth-order valence-corrected chi connectivity index (χ4v) is 2.31. The van der Waals surface area contributed by atoms with Crippen LogP contribution in [0, 0.1) is 11.3 Å². The summed E-state index contributed by atoms with van der Waals surface area (Å²) >= 11 is 0. The molecular weight excluding hydrogens is 298 g/mol. The van der Waals surface area contributed by atoms with Crippen molar-refractivity contribution in [3.8, 4) is 6.07 Å². The smallest absolute Gasteiger partial charge is 0.226 e. The predicted octanol–water partition coefficient (Wildman–Crippen LogP) is 4.30. The van der Waals surface area contributed by atoms with E-state index >= 15 is 0 Å². The molecule has 2 rings (SSSR count). The average Bonchev–Trinajstić information content (AvgIpc) is 2.55. The summed E-state index contributed by atoms with van der Waals surface area (Å²) in [5.74, 6) is -0.114. The maximum atomic E-state index is 12.0. The summed E-state index contributed by atoms with van der Waals surface area (Å²) < 4.78 is 0. The lowest BCUT2D eigenvalue weighted by Gasteiger charge is -2.19. The lowest BCUT2D eigenvalue weighted by atomic mass is 9.87. The van der Waals surface area contributed by atoms with Crippen LogP contribution >= 0.6 is 0 Å². The molecule has 0 saturated heterocycles. The van der Waals surface area contributed by atoms with Gasteiger partial charge in [0.25, 0.3) is 0 Å². The second kappa shape index (κ2) is 7.65. The number of anilines is 2. The van der Waals surface area contributed by atoms with Crippen LogP contribution in [0.3, 0.4) is 0 Å². The first kappa shape index (κ1) is 17.6. The fraction of sp³-hybridized carbons (Fsp3) is 0.300. The van der Waals surface area contributed by atoms with Gasteiger partial charge in [-0.15, -0.1) is 0 Å². The van der Waals surface area contributed by atoms with Crippen LogP contribution < -0.4 is 10.6 Å². The van der Waals surface area contributed by atoms with E-state index in [1.807, 2.05) is 12.1 Å². The number of nitrogens with zero attached hydrogens (tertiary/aromatic N) is 1. The molecule has 0 aliphatic carbocycles. The SMILES string of the molecule is CC(C)(C)c1ccc(NCCC(=O)Nc2ccccc2C#N)cc1. The van der Waals surface area contributed by atoms with Gasteiger partial charge in [-0.1, -0.05) is 45.0 Å². The molecule has 2 aromatic rings. The van der Waals surface area contributed by atoms with E-state index in [4.69, 9.17) is 5.26 Å². The number of hydrogen-bond acceptors (Lipinski definition) is 3. The average molecular weight is 321 g/mol. The van der Waals surface area contributed by atoms with Gasteiger partial charge in [0.05, 0.1) is 11.3 Å². The van der Waals surface area contributed by atoms with Crippen molar-refractivity contribution in [3.05, 3.63) is 59.7 Å². The van der Waals surface area contributed by atoms with E-state index in [9.17, 15) is 4.79 Å². The molecule has 0 saturated carbocycles. The Kier molecular flexibility index (Phi) is 5.59. The van der Waals surface area contributed by atoms with Gasteiger partial charge in [-0.05, 0) is 35.2 Å². The molecule has 24 heavy (non-hydrogen) atoms. The number of nitrogens with one attached hydrogen (secondary N) is 2. The fourth-order valence-electron chi connectivity index (χ4n) is 2.31. The summed E-state index contributed by atoms with van der Waals surface area (Å²) in [7, 11) is 0. The number of nitriles is 1. The van der Waals surface area contributed by atoms with E-state index in [0.29, 0.717) is 24.2 Å². The third-order valence-corrected chi connectivity index (χ3v) is 3.75. The lowest BCUT2D eigenvalue weighted by Crippen LogP contribution is -2.17. The standard InChI is InChI=1S/C20H23N3O/c1-20(2,3)16-8-10-17(11-9-16)22-13-12-19(24)23-18-7-5-4-6-15(18)14-21/h4-11,22H,12-13H2,1-3H3,(H,23,24). The molecule has 2 aromatic carbocycles. The number of amides is 1. The highest BCUT2D eigenvalue weighted by Gasteiger charge is 2.12. The quantitative estimate of drug-likeness (QED) is 0.863. The Hall–Kier alpha value is -2.80. The van der Waals surface area contributed by atoms with Gasteiger partial charge in [-0.3, -0.25) is 4.79 Å². The minimum Gasteiger partial charge on any atom is -0.385 e. The summed E-state index contributed by atoms with van der Waals surface area (Å²) in [4.78, 5) is 12.0. The molecule has 2 N–H and O–H groups in total. The second-order valence-corrected chi connectivity index (χ2v) is 6.71. The van der Waals surface area contributed by atoms with Crippen molar-refractivity contribution in [1.29, 1.82) is 5.26 Å². The van der Waals surface area contributed by atoms with Crippen LogP contribution in [-0.2, 0) is 10.2 Å². The molecule has 124 valence electrons. The van der Waals surface area contributed by atoms with E-state index in [-0.39, 0.29) is 11.3 Å². The summed E-state index contributed by atoms with van der Waals surface area (Å²) in [6.07, 6.45) is 0.334. The minimum atomic E-state index is -0.114. The molecule has 0 bridgehead atoms. The zero-order valence-electron chi connectivity index (χ0n) is 14.4. The first-order valence-electron chi connectivity index (χ1n) is 8.03. The van der Waals surface area contributed by atoms with E-state index in [1.54, 1.807) is 24.3 Å². The molecule has 0 radical (unpaired) electrons. The number of para-hydroxylation sites is 1. The largest absolute Gasteiger partial charge is 0.385 e. The molecule has 0 aliphatic rings. The van der Waals surface area contributed by atoms with E-state index in [1.165, 1.54) is 5.56 Å². The van der Waals surface area contributed by atoms with Crippen molar-refractivity contribution in [2.45, 2.75) is 32.6 Å². The van der Waals surface area contributed by atoms with Gasteiger partial charge < -0.3 is 10.6 Å². The molecule has 0 aromatic heterocycles. The van der Waals surface area contributed by atoms with Crippen LogP contribution in [-0.4, -0.2) is 12.5 Å². The topological polar surface area (TPSA) is 64.9 Å². The Labute approximate surface area is 143 Å². The van der Waals surface area contributed by atoms with Gasteiger partial charge in [-0.2, -0.15) is 5.26 Å².